The number of fused-ring (bicyclic) bond motifs is 1. The van der Waals surface area contributed by atoms with Crippen molar-refractivity contribution in [3.8, 4) is 11.5 Å². The molecule has 1 aliphatic rings. The fraction of sp³-hybridized carbons (Fsp3) is 0.312. The Bertz CT molecular complexity index is 811. The van der Waals surface area contributed by atoms with Crippen LogP contribution in [0.15, 0.2) is 11.3 Å². The number of hydrogen-bond acceptors (Lipinski definition) is 6. The third-order valence-corrected chi connectivity index (χ3v) is 4.48. The molecule has 0 amide bonds. The highest BCUT2D eigenvalue weighted by atomic mass is 35.5. The largest absolute Gasteiger partial charge is 0.506 e. The lowest BCUT2D eigenvalue weighted by Gasteiger charge is -2.23. The van der Waals surface area contributed by atoms with Gasteiger partial charge in [0.05, 0.1) is 17.7 Å². The van der Waals surface area contributed by atoms with Crippen molar-refractivity contribution in [2.75, 3.05) is 6.61 Å². The number of allylic oxidation sites excluding steroid dienone is 2. The molecule has 0 atom stereocenters. The zero-order valence-electron chi connectivity index (χ0n) is 13.1. The molecule has 0 aromatic heterocycles. The third-order valence-electron chi connectivity index (χ3n) is 3.65. The van der Waals surface area contributed by atoms with Gasteiger partial charge in [0.15, 0.2) is 11.5 Å². The van der Waals surface area contributed by atoms with Crippen LogP contribution >= 0.6 is 23.2 Å². The van der Waals surface area contributed by atoms with Gasteiger partial charge in [-0.3, -0.25) is 14.4 Å². The fourth-order valence-electron chi connectivity index (χ4n) is 2.55. The molecule has 0 spiro atoms. The number of aromatic hydroxyl groups is 2. The zero-order valence-corrected chi connectivity index (χ0v) is 14.6. The molecule has 0 radical (unpaired) electrons. The van der Waals surface area contributed by atoms with Crippen LogP contribution in [-0.2, 0) is 9.53 Å². The van der Waals surface area contributed by atoms with E-state index in [0.717, 1.165) is 0 Å². The Morgan fingerprint density at radius 2 is 1.56 bits per heavy atom. The molecule has 0 unspecified atom stereocenters. The number of halogens is 2. The van der Waals surface area contributed by atoms with Crippen molar-refractivity contribution in [3.63, 3.8) is 0 Å². The minimum Gasteiger partial charge on any atom is -0.506 e. The molecule has 0 bridgehead atoms. The number of ketones is 2. The summed E-state index contributed by atoms with van der Waals surface area (Å²) < 4.78 is 5.25. The smallest absolute Gasteiger partial charge is 0.303 e. The Balaban J connectivity index is 2.62. The van der Waals surface area contributed by atoms with Crippen LogP contribution < -0.4 is 0 Å². The van der Waals surface area contributed by atoms with Gasteiger partial charge in [-0.1, -0.05) is 23.2 Å². The van der Waals surface area contributed by atoms with Gasteiger partial charge < -0.3 is 20.1 Å². The van der Waals surface area contributed by atoms with Crippen molar-refractivity contribution in [2.45, 2.75) is 26.2 Å². The highest BCUT2D eigenvalue weighted by Gasteiger charge is 2.39. The standard InChI is InChI=1S/C16H14Cl2O7/c1-2-25-16-6(4-3-5-7(19)20)12(21)8-9(15(16)24)14(23)11(18)10(17)13(8)22/h22-23H,2-5H2,1H3,(H,19,20). The summed E-state index contributed by atoms with van der Waals surface area (Å²) in [4.78, 5) is 36.1. The van der Waals surface area contributed by atoms with Crippen molar-refractivity contribution in [1.82, 2.24) is 0 Å². The SMILES string of the molecule is CCOC1=C(CCCC(=O)O)C(=O)c2c(O)c(Cl)c(Cl)c(O)c2C1=O. The van der Waals surface area contributed by atoms with Crippen molar-refractivity contribution >= 4 is 40.7 Å². The van der Waals surface area contributed by atoms with E-state index in [2.05, 4.69) is 0 Å². The molecular formula is C16H14Cl2O7. The first-order valence-electron chi connectivity index (χ1n) is 7.32. The summed E-state index contributed by atoms with van der Waals surface area (Å²) in [5, 5.41) is 28.0. The van der Waals surface area contributed by atoms with Crippen LogP contribution in [0.1, 0.15) is 46.9 Å². The van der Waals surface area contributed by atoms with E-state index >= 15 is 0 Å². The van der Waals surface area contributed by atoms with Crippen LogP contribution in [0.5, 0.6) is 11.5 Å². The second kappa shape index (κ2) is 7.33. The van der Waals surface area contributed by atoms with E-state index in [9.17, 15) is 24.6 Å². The summed E-state index contributed by atoms with van der Waals surface area (Å²) in [6.45, 7) is 1.67. The molecule has 0 saturated carbocycles. The van der Waals surface area contributed by atoms with E-state index in [1.807, 2.05) is 0 Å². The Hall–Kier alpha value is -2.25. The van der Waals surface area contributed by atoms with E-state index in [-0.39, 0.29) is 37.2 Å². The van der Waals surface area contributed by atoms with Gasteiger partial charge in [-0.05, 0) is 19.8 Å². The predicted octanol–water partition coefficient (Wildman–Crippen LogP) is 3.33. The first kappa shape index (κ1) is 19.1. The minimum absolute atomic E-state index is 0.0495. The van der Waals surface area contributed by atoms with Crippen molar-refractivity contribution in [1.29, 1.82) is 0 Å². The number of carboxylic acids is 1. The lowest BCUT2D eigenvalue weighted by atomic mass is 9.84. The van der Waals surface area contributed by atoms with E-state index in [1.165, 1.54) is 0 Å². The molecule has 25 heavy (non-hydrogen) atoms. The molecule has 9 heteroatoms. The van der Waals surface area contributed by atoms with Crippen molar-refractivity contribution < 1.29 is 34.4 Å². The second-order valence-electron chi connectivity index (χ2n) is 5.22. The lowest BCUT2D eigenvalue weighted by Crippen LogP contribution is -2.24. The van der Waals surface area contributed by atoms with Gasteiger partial charge in [0.25, 0.3) is 0 Å². The highest BCUT2D eigenvalue weighted by Crippen LogP contribution is 2.47. The topological polar surface area (TPSA) is 121 Å². The Kier molecular flexibility index (Phi) is 5.59. The molecule has 1 aromatic rings. The predicted molar refractivity (Wildman–Crippen MR) is 88.6 cm³/mol. The average Bonchev–Trinajstić information content (AvgIpc) is 2.56. The van der Waals surface area contributed by atoms with Crippen LogP contribution in [0, 0.1) is 0 Å². The Labute approximate surface area is 152 Å². The number of Topliss-reactive ketones (excluding diaryl/α,β-unsaturated/α-hetero) is 2. The molecule has 0 heterocycles. The molecule has 1 aromatic carbocycles. The van der Waals surface area contributed by atoms with Gasteiger partial charge in [-0.25, -0.2) is 0 Å². The molecule has 2 rings (SSSR count). The first-order valence-corrected chi connectivity index (χ1v) is 8.07. The Morgan fingerprint density at radius 3 is 2.04 bits per heavy atom. The Morgan fingerprint density at radius 1 is 1.04 bits per heavy atom. The highest BCUT2D eigenvalue weighted by molar-refractivity contribution is 6.45. The molecule has 0 aliphatic heterocycles. The number of carbonyl (C=O) groups is 3. The summed E-state index contributed by atoms with van der Waals surface area (Å²) in [7, 11) is 0. The average molecular weight is 389 g/mol. The van der Waals surface area contributed by atoms with Crippen LogP contribution in [0.3, 0.4) is 0 Å². The molecule has 0 fully saturated rings. The summed E-state index contributed by atoms with van der Waals surface area (Å²) >= 11 is 11.6. The van der Waals surface area contributed by atoms with Crippen LogP contribution in [-0.4, -0.2) is 39.5 Å². The molecule has 0 saturated heterocycles. The van der Waals surface area contributed by atoms with E-state index < -0.39 is 50.2 Å². The maximum Gasteiger partial charge on any atom is 0.303 e. The maximum absolute atomic E-state index is 12.7. The number of phenolic OH excluding ortho intramolecular Hbond substituents is 2. The quantitative estimate of drug-likeness (QED) is 0.638. The molecule has 1 aliphatic carbocycles. The minimum atomic E-state index is -1.05. The molecular weight excluding hydrogens is 375 g/mol. The molecule has 3 N–H and O–H groups in total. The van der Waals surface area contributed by atoms with Crippen LogP contribution in [0.25, 0.3) is 0 Å². The number of carboxylic acid groups (broad SMARTS) is 1. The normalized spacial score (nSPS) is 13.9. The number of rotatable bonds is 6. The van der Waals surface area contributed by atoms with E-state index in [1.54, 1.807) is 6.92 Å². The van der Waals surface area contributed by atoms with Gasteiger partial charge in [0.2, 0.25) is 5.78 Å². The van der Waals surface area contributed by atoms with Gasteiger partial charge in [0.1, 0.15) is 21.5 Å². The zero-order chi connectivity index (χ0) is 18.9. The fourth-order valence-corrected chi connectivity index (χ4v) is 2.92. The number of hydrogen-bond donors (Lipinski definition) is 3. The van der Waals surface area contributed by atoms with Crippen molar-refractivity contribution in [3.05, 3.63) is 32.5 Å². The number of phenols is 2. The second-order valence-corrected chi connectivity index (χ2v) is 5.98. The number of carbonyl (C=O) groups excluding carboxylic acids is 2. The van der Waals surface area contributed by atoms with Gasteiger partial charge in [-0.2, -0.15) is 0 Å². The number of aliphatic carboxylic acids is 1. The van der Waals surface area contributed by atoms with E-state index in [0.29, 0.717) is 0 Å². The summed E-state index contributed by atoms with van der Waals surface area (Å²) in [6, 6.07) is 0. The summed E-state index contributed by atoms with van der Waals surface area (Å²) in [5.74, 6) is -4.38. The summed E-state index contributed by atoms with van der Waals surface area (Å²) in [6.07, 6.45) is -0.175. The van der Waals surface area contributed by atoms with Gasteiger partial charge in [-0.15, -0.1) is 0 Å². The monoisotopic (exact) mass is 388 g/mol. The maximum atomic E-state index is 12.7. The van der Waals surface area contributed by atoms with Crippen LogP contribution in [0.4, 0.5) is 0 Å². The first-order chi connectivity index (χ1) is 11.7. The van der Waals surface area contributed by atoms with Crippen molar-refractivity contribution in [2.24, 2.45) is 0 Å². The number of benzene rings is 1. The lowest BCUT2D eigenvalue weighted by molar-refractivity contribution is -0.137. The third kappa shape index (κ3) is 3.29. The molecule has 134 valence electrons. The van der Waals surface area contributed by atoms with Crippen LogP contribution in [0.2, 0.25) is 10.0 Å². The molecule has 7 nitrogen and oxygen atoms in total. The number of ether oxygens (including phenoxy) is 1. The van der Waals surface area contributed by atoms with Gasteiger partial charge in [0, 0.05) is 12.0 Å². The summed E-state index contributed by atoms with van der Waals surface area (Å²) in [5.41, 5.74) is -1.03. The van der Waals surface area contributed by atoms with Gasteiger partial charge >= 0.3 is 5.97 Å². The van der Waals surface area contributed by atoms with E-state index in [4.69, 9.17) is 33.0 Å².